The van der Waals surface area contributed by atoms with E-state index in [1.165, 1.54) is 9.71 Å². The molecule has 0 aliphatic rings. The third-order valence-electron chi connectivity index (χ3n) is 2.65. The third kappa shape index (κ3) is 3.53. The molecule has 0 fully saturated rings. The number of nitrogens with zero attached hydrogens (tertiary/aromatic N) is 1. The first-order chi connectivity index (χ1) is 8.25. The Kier molecular flexibility index (Phi) is 4.09. The van der Waals surface area contributed by atoms with Gasteiger partial charge in [0, 0.05) is 6.42 Å². The minimum absolute atomic E-state index is 0.204. The van der Waals surface area contributed by atoms with Gasteiger partial charge < -0.3 is 5.73 Å². The number of rotatable bonds is 6. The molecule has 0 radical (unpaired) electrons. The van der Waals surface area contributed by atoms with Crippen LogP contribution in [0.25, 0.3) is 10.2 Å². The molecule has 2 N–H and O–H groups in total. The summed E-state index contributed by atoms with van der Waals surface area (Å²) in [5, 5.41) is 1.19. The van der Waals surface area contributed by atoms with Gasteiger partial charge in [0.15, 0.2) is 0 Å². The molecule has 0 bridgehead atoms. The highest BCUT2D eigenvalue weighted by Gasteiger charge is 2.02. The van der Waals surface area contributed by atoms with Gasteiger partial charge in [-0.15, -0.1) is 11.3 Å². The predicted molar refractivity (Wildman–Crippen MR) is 71.0 cm³/mol. The van der Waals surface area contributed by atoms with Gasteiger partial charge >= 0.3 is 0 Å². The Morgan fingerprint density at radius 2 is 2.06 bits per heavy atom. The van der Waals surface area contributed by atoms with E-state index < -0.39 is 0 Å². The molecule has 90 valence electrons. The molecule has 3 nitrogen and oxygen atoms in total. The maximum Gasteiger partial charge on any atom is 0.217 e. The molecule has 0 unspecified atom stereocenters. The molecule has 1 amide bonds. The van der Waals surface area contributed by atoms with Gasteiger partial charge in [0.25, 0.3) is 0 Å². The lowest BCUT2D eigenvalue weighted by Gasteiger charge is -1.96. The van der Waals surface area contributed by atoms with E-state index >= 15 is 0 Å². The Hall–Kier alpha value is -1.42. The van der Waals surface area contributed by atoms with Crippen LogP contribution in [0.5, 0.6) is 0 Å². The largest absolute Gasteiger partial charge is 0.370 e. The number of carbonyl (C=O) groups is 1. The maximum atomic E-state index is 10.6. The first-order valence-corrected chi connectivity index (χ1v) is 6.70. The molecular weight excluding hydrogens is 232 g/mol. The molecule has 0 saturated heterocycles. The fourth-order valence-corrected chi connectivity index (χ4v) is 2.79. The van der Waals surface area contributed by atoms with Crippen molar-refractivity contribution in [3.63, 3.8) is 0 Å². The van der Waals surface area contributed by atoms with Crippen molar-refractivity contribution in [2.45, 2.75) is 32.1 Å². The number of aromatic nitrogens is 1. The molecule has 17 heavy (non-hydrogen) atoms. The first-order valence-electron chi connectivity index (χ1n) is 5.88. The number of benzene rings is 1. The minimum atomic E-state index is -0.204. The average Bonchev–Trinajstić information content (AvgIpc) is 2.70. The van der Waals surface area contributed by atoms with E-state index in [1.807, 2.05) is 18.2 Å². The van der Waals surface area contributed by atoms with Crippen LogP contribution in [0, 0.1) is 0 Å². The van der Waals surface area contributed by atoms with Crippen molar-refractivity contribution in [1.82, 2.24) is 4.98 Å². The molecule has 0 saturated carbocycles. The molecule has 0 atom stereocenters. The van der Waals surface area contributed by atoms with E-state index in [2.05, 4.69) is 11.1 Å². The number of fused-ring (bicyclic) bond motifs is 1. The van der Waals surface area contributed by atoms with Crippen molar-refractivity contribution in [3.8, 4) is 0 Å². The quantitative estimate of drug-likeness (QED) is 0.799. The fourth-order valence-electron chi connectivity index (χ4n) is 1.78. The summed E-state index contributed by atoms with van der Waals surface area (Å²) in [6.07, 6.45) is 4.50. The van der Waals surface area contributed by atoms with Gasteiger partial charge in [0.05, 0.1) is 15.2 Å². The van der Waals surface area contributed by atoms with Crippen LogP contribution in [-0.2, 0) is 11.2 Å². The summed E-state index contributed by atoms with van der Waals surface area (Å²) in [7, 11) is 0. The highest BCUT2D eigenvalue weighted by atomic mass is 32.1. The van der Waals surface area contributed by atoms with Gasteiger partial charge in [-0.3, -0.25) is 4.79 Å². The number of hydrogen-bond donors (Lipinski definition) is 1. The Morgan fingerprint density at radius 1 is 1.24 bits per heavy atom. The van der Waals surface area contributed by atoms with Gasteiger partial charge in [-0.05, 0) is 31.4 Å². The van der Waals surface area contributed by atoms with Gasteiger partial charge in [-0.1, -0.05) is 18.6 Å². The number of para-hydroxylation sites is 1. The second-order valence-electron chi connectivity index (χ2n) is 4.10. The summed E-state index contributed by atoms with van der Waals surface area (Å²) < 4.78 is 1.25. The number of carbonyl (C=O) groups excluding carboxylic acids is 1. The summed E-state index contributed by atoms with van der Waals surface area (Å²) in [5.74, 6) is -0.204. The van der Waals surface area contributed by atoms with Crippen molar-refractivity contribution in [2.24, 2.45) is 5.73 Å². The van der Waals surface area contributed by atoms with E-state index in [-0.39, 0.29) is 5.91 Å². The lowest BCUT2D eigenvalue weighted by Crippen LogP contribution is -2.09. The van der Waals surface area contributed by atoms with Crippen LogP contribution in [-0.4, -0.2) is 10.9 Å². The van der Waals surface area contributed by atoms with Crippen molar-refractivity contribution in [3.05, 3.63) is 29.3 Å². The molecular formula is C13H16N2OS. The number of nitrogens with two attached hydrogens (primary N) is 1. The Morgan fingerprint density at radius 3 is 2.82 bits per heavy atom. The molecule has 4 heteroatoms. The minimum Gasteiger partial charge on any atom is -0.370 e. The van der Waals surface area contributed by atoms with E-state index in [1.54, 1.807) is 11.3 Å². The second-order valence-corrected chi connectivity index (χ2v) is 5.22. The Balaban J connectivity index is 1.81. The number of amides is 1. The molecule has 1 heterocycles. The molecule has 2 rings (SSSR count). The van der Waals surface area contributed by atoms with Gasteiger partial charge in [-0.2, -0.15) is 0 Å². The van der Waals surface area contributed by atoms with Gasteiger partial charge in [-0.25, -0.2) is 4.98 Å². The fraction of sp³-hybridized carbons (Fsp3) is 0.385. The average molecular weight is 248 g/mol. The molecule has 0 spiro atoms. The Bertz CT molecular complexity index is 474. The molecule has 0 aliphatic heterocycles. The highest BCUT2D eigenvalue weighted by molar-refractivity contribution is 7.18. The van der Waals surface area contributed by atoms with Crippen LogP contribution in [0.3, 0.4) is 0 Å². The number of primary amides is 1. The summed E-state index contributed by atoms with van der Waals surface area (Å²) >= 11 is 1.76. The molecule has 0 aliphatic carbocycles. The van der Waals surface area contributed by atoms with Crippen LogP contribution in [0.4, 0.5) is 0 Å². The zero-order valence-corrected chi connectivity index (χ0v) is 10.5. The Labute approximate surface area is 105 Å². The van der Waals surface area contributed by atoms with E-state index in [4.69, 9.17) is 5.73 Å². The summed E-state index contributed by atoms with van der Waals surface area (Å²) in [6, 6.07) is 8.20. The third-order valence-corrected chi connectivity index (χ3v) is 3.75. The van der Waals surface area contributed by atoms with Gasteiger partial charge in [0.1, 0.15) is 0 Å². The van der Waals surface area contributed by atoms with Crippen molar-refractivity contribution < 1.29 is 4.79 Å². The molecule has 1 aromatic carbocycles. The van der Waals surface area contributed by atoms with E-state index in [9.17, 15) is 4.79 Å². The topological polar surface area (TPSA) is 56.0 Å². The smallest absolute Gasteiger partial charge is 0.217 e. The van der Waals surface area contributed by atoms with Crippen LogP contribution in [0.15, 0.2) is 24.3 Å². The van der Waals surface area contributed by atoms with Crippen molar-refractivity contribution in [1.29, 1.82) is 0 Å². The zero-order chi connectivity index (χ0) is 12.1. The van der Waals surface area contributed by atoms with Crippen LogP contribution >= 0.6 is 11.3 Å². The van der Waals surface area contributed by atoms with E-state index in [0.29, 0.717) is 6.42 Å². The van der Waals surface area contributed by atoms with E-state index in [0.717, 1.165) is 31.2 Å². The molecule has 1 aromatic heterocycles. The van der Waals surface area contributed by atoms with Gasteiger partial charge in [0.2, 0.25) is 5.91 Å². The SMILES string of the molecule is NC(=O)CCCCCc1nc2ccccc2s1. The van der Waals surface area contributed by atoms with Crippen LogP contribution in [0.2, 0.25) is 0 Å². The summed E-state index contributed by atoms with van der Waals surface area (Å²) in [5.41, 5.74) is 6.18. The normalized spacial score (nSPS) is 10.8. The predicted octanol–water partition coefficient (Wildman–Crippen LogP) is 2.88. The van der Waals surface area contributed by atoms with Crippen molar-refractivity contribution >= 4 is 27.5 Å². The van der Waals surface area contributed by atoms with Crippen LogP contribution < -0.4 is 5.73 Å². The highest BCUT2D eigenvalue weighted by Crippen LogP contribution is 2.22. The maximum absolute atomic E-state index is 10.6. The van der Waals surface area contributed by atoms with Crippen molar-refractivity contribution in [2.75, 3.05) is 0 Å². The number of unbranched alkanes of at least 4 members (excludes halogenated alkanes) is 2. The first kappa shape index (κ1) is 12.0. The zero-order valence-electron chi connectivity index (χ0n) is 9.69. The summed E-state index contributed by atoms with van der Waals surface area (Å²) in [6.45, 7) is 0. The second kappa shape index (κ2) is 5.77. The standard InChI is InChI=1S/C13H16N2OS/c14-12(16)8-2-1-3-9-13-15-10-6-4-5-7-11(10)17-13/h4-7H,1-3,8-9H2,(H2,14,16). The lowest BCUT2D eigenvalue weighted by molar-refractivity contribution is -0.118. The number of aryl methyl sites for hydroxylation is 1. The monoisotopic (exact) mass is 248 g/mol. The number of hydrogen-bond acceptors (Lipinski definition) is 3. The molecule has 2 aromatic rings. The summed E-state index contributed by atoms with van der Waals surface area (Å²) in [4.78, 5) is 15.1. The number of thiazole rings is 1. The lowest BCUT2D eigenvalue weighted by atomic mass is 10.1. The van der Waals surface area contributed by atoms with Crippen LogP contribution in [0.1, 0.15) is 30.7 Å².